The van der Waals surface area contributed by atoms with Crippen LogP contribution in [0.15, 0.2) is 47.0 Å². The number of hydrogen-bond donors (Lipinski definition) is 1. The van der Waals surface area contributed by atoms with Gasteiger partial charge in [0.2, 0.25) is 0 Å². The Bertz CT molecular complexity index is 558. The van der Waals surface area contributed by atoms with Crippen LogP contribution in [-0.4, -0.2) is 30.9 Å². The lowest BCUT2D eigenvalue weighted by molar-refractivity contribution is 0.283. The normalized spacial score (nSPS) is 13.9. The van der Waals surface area contributed by atoms with Gasteiger partial charge in [-0.05, 0) is 25.8 Å². The van der Waals surface area contributed by atoms with Gasteiger partial charge < -0.3 is 10.1 Å². The van der Waals surface area contributed by atoms with E-state index in [4.69, 9.17) is 4.74 Å². The summed E-state index contributed by atoms with van der Waals surface area (Å²) < 4.78 is 5.35. The highest BCUT2D eigenvalue weighted by atomic mass is 32.1. The fourth-order valence-corrected chi connectivity index (χ4v) is 2.49. The molecule has 0 saturated heterocycles. The van der Waals surface area contributed by atoms with Crippen molar-refractivity contribution < 1.29 is 4.74 Å². The maximum atomic E-state index is 5.35. The second kappa shape index (κ2) is 10.8. The van der Waals surface area contributed by atoms with Crippen molar-refractivity contribution in [2.75, 3.05) is 19.0 Å². The van der Waals surface area contributed by atoms with E-state index in [0.717, 1.165) is 23.0 Å². The van der Waals surface area contributed by atoms with Gasteiger partial charge in [0.1, 0.15) is 0 Å². The zero-order chi connectivity index (χ0) is 17.1. The number of ether oxygens (including phenoxy) is 1. The number of nitrogens with zero attached hydrogens (tertiary/aromatic N) is 2. The van der Waals surface area contributed by atoms with Crippen molar-refractivity contribution in [3.63, 3.8) is 0 Å². The highest BCUT2D eigenvalue weighted by Crippen LogP contribution is 2.15. The van der Waals surface area contributed by atoms with Crippen LogP contribution in [-0.2, 0) is 4.74 Å². The molecule has 1 atom stereocenters. The van der Waals surface area contributed by atoms with E-state index in [-0.39, 0.29) is 0 Å². The molecule has 23 heavy (non-hydrogen) atoms. The van der Waals surface area contributed by atoms with Gasteiger partial charge in [-0.1, -0.05) is 25.2 Å². The highest BCUT2D eigenvalue weighted by Gasteiger charge is 2.00. The van der Waals surface area contributed by atoms with Crippen LogP contribution >= 0.6 is 11.3 Å². The predicted molar refractivity (Wildman–Crippen MR) is 102 cm³/mol. The van der Waals surface area contributed by atoms with E-state index in [1.807, 2.05) is 17.5 Å². The summed E-state index contributed by atoms with van der Waals surface area (Å²) in [6.07, 6.45) is 10.7. The maximum absolute atomic E-state index is 5.35. The monoisotopic (exact) mass is 333 g/mol. The molecule has 4 nitrogen and oxygen atoms in total. The number of aliphatic imine (C=N–C) groups is 1. The Kier molecular flexibility index (Phi) is 8.98. The minimum atomic E-state index is 0.379. The molecule has 0 aliphatic rings. The van der Waals surface area contributed by atoms with Crippen LogP contribution in [0.1, 0.15) is 32.9 Å². The molecule has 0 aromatic carbocycles. The Morgan fingerprint density at radius 1 is 1.48 bits per heavy atom. The number of hydrogen-bond acceptors (Lipinski definition) is 5. The molecule has 1 unspecified atom stereocenters. The molecule has 1 rings (SSSR count). The minimum absolute atomic E-state index is 0.379. The zero-order valence-electron chi connectivity index (χ0n) is 14.5. The number of methoxy groups -OCH3 is 1. The van der Waals surface area contributed by atoms with E-state index in [2.05, 4.69) is 54.8 Å². The van der Waals surface area contributed by atoms with Gasteiger partial charge in [-0.15, -0.1) is 17.9 Å². The average molecular weight is 334 g/mol. The molecule has 1 N–H and O–H groups in total. The van der Waals surface area contributed by atoms with Gasteiger partial charge in [-0.3, -0.25) is 4.99 Å². The van der Waals surface area contributed by atoms with Crippen molar-refractivity contribution in [1.82, 2.24) is 4.98 Å². The standard InChI is InChI=1S/C18H27N3OS/c1-6-15(4)8-7-9-17(22-5)10-11-19-12-16-13-23-18(21-16)20-14(2)3/h6-8,10,12-15H,1,9,11H2,2-5H3,(H,20,21)/b8-7-,17-10+,19-12?. The lowest BCUT2D eigenvalue weighted by Gasteiger charge is -2.03. The number of anilines is 1. The zero-order valence-corrected chi connectivity index (χ0v) is 15.3. The van der Waals surface area contributed by atoms with E-state index >= 15 is 0 Å². The molecule has 1 heterocycles. The van der Waals surface area contributed by atoms with E-state index in [0.29, 0.717) is 18.5 Å². The first-order valence-corrected chi connectivity index (χ1v) is 8.67. The SMILES string of the molecule is C=CC(C)/C=C\C/C(=C\CN=Cc1csc(NC(C)C)n1)OC. The molecule has 126 valence electrons. The van der Waals surface area contributed by atoms with Crippen LogP contribution in [0.25, 0.3) is 0 Å². The summed E-state index contributed by atoms with van der Waals surface area (Å²) in [6.45, 7) is 10.6. The third-order valence-corrected chi connectivity index (χ3v) is 3.77. The molecular formula is C18H27N3OS. The van der Waals surface area contributed by atoms with Gasteiger partial charge in [-0.2, -0.15) is 0 Å². The third-order valence-electron chi connectivity index (χ3n) is 2.97. The molecule has 0 spiro atoms. The van der Waals surface area contributed by atoms with Gasteiger partial charge in [0.05, 0.1) is 25.1 Å². The van der Waals surface area contributed by atoms with Crippen LogP contribution in [0.5, 0.6) is 0 Å². The predicted octanol–water partition coefficient (Wildman–Crippen LogP) is 4.68. The summed E-state index contributed by atoms with van der Waals surface area (Å²) in [7, 11) is 1.69. The van der Waals surface area contributed by atoms with Crippen LogP contribution in [0.4, 0.5) is 5.13 Å². The Balaban J connectivity index is 2.46. The van der Waals surface area contributed by atoms with Crippen LogP contribution < -0.4 is 5.32 Å². The molecule has 0 fully saturated rings. The number of nitrogens with one attached hydrogen (secondary N) is 1. The molecule has 0 aliphatic heterocycles. The maximum Gasteiger partial charge on any atom is 0.183 e. The average Bonchev–Trinajstić information content (AvgIpc) is 2.95. The summed E-state index contributed by atoms with van der Waals surface area (Å²) in [6, 6.07) is 0.384. The quantitative estimate of drug-likeness (QED) is 0.384. The van der Waals surface area contributed by atoms with Gasteiger partial charge in [0.15, 0.2) is 5.13 Å². The topological polar surface area (TPSA) is 46.5 Å². The second-order valence-electron chi connectivity index (χ2n) is 5.47. The second-order valence-corrected chi connectivity index (χ2v) is 6.33. The van der Waals surface area contributed by atoms with E-state index in [1.54, 1.807) is 24.7 Å². The Morgan fingerprint density at radius 3 is 2.91 bits per heavy atom. The number of thiazole rings is 1. The largest absolute Gasteiger partial charge is 0.501 e. The third kappa shape index (κ3) is 8.35. The smallest absolute Gasteiger partial charge is 0.183 e. The summed E-state index contributed by atoms with van der Waals surface area (Å²) >= 11 is 1.59. The van der Waals surface area contributed by atoms with Crippen molar-refractivity contribution in [2.45, 2.75) is 33.2 Å². The fraction of sp³-hybridized carbons (Fsp3) is 0.444. The van der Waals surface area contributed by atoms with E-state index in [1.165, 1.54) is 0 Å². The van der Waals surface area contributed by atoms with Crippen molar-refractivity contribution >= 4 is 22.7 Å². The summed E-state index contributed by atoms with van der Waals surface area (Å²) in [5, 5.41) is 6.20. The molecular weight excluding hydrogens is 306 g/mol. The summed E-state index contributed by atoms with van der Waals surface area (Å²) in [5.74, 6) is 1.29. The van der Waals surface area contributed by atoms with E-state index in [9.17, 15) is 0 Å². The van der Waals surface area contributed by atoms with Crippen LogP contribution in [0.3, 0.4) is 0 Å². The summed E-state index contributed by atoms with van der Waals surface area (Å²) in [4.78, 5) is 8.83. The molecule has 5 heteroatoms. The molecule has 0 amide bonds. The van der Waals surface area contributed by atoms with Crippen molar-refractivity contribution in [3.05, 3.63) is 47.7 Å². The molecule has 1 aromatic rings. The van der Waals surface area contributed by atoms with Crippen molar-refractivity contribution in [1.29, 1.82) is 0 Å². The van der Waals surface area contributed by atoms with Crippen LogP contribution in [0.2, 0.25) is 0 Å². The Labute approximate surface area is 143 Å². The molecule has 0 aliphatic carbocycles. The van der Waals surface area contributed by atoms with Crippen molar-refractivity contribution in [3.8, 4) is 0 Å². The molecule has 0 radical (unpaired) electrons. The molecule has 0 saturated carbocycles. The number of rotatable bonds is 10. The molecule has 0 bridgehead atoms. The van der Waals surface area contributed by atoms with Crippen molar-refractivity contribution in [2.24, 2.45) is 10.9 Å². The number of allylic oxidation sites excluding steroid dienone is 3. The van der Waals surface area contributed by atoms with Gasteiger partial charge >= 0.3 is 0 Å². The fourth-order valence-electron chi connectivity index (χ4n) is 1.69. The van der Waals surface area contributed by atoms with Gasteiger partial charge in [0.25, 0.3) is 0 Å². The van der Waals surface area contributed by atoms with Gasteiger partial charge in [0, 0.05) is 24.1 Å². The van der Waals surface area contributed by atoms with Crippen LogP contribution in [0, 0.1) is 5.92 Å². The first-order valence-electron chi connectivity index (χ1n) is 7.79. The summed E-state index contributed by atoms with van der Waals surface area (Å²) in [5.41, 5.74) is 0.880. The lowest BCUT2D eigenvalue weighted by atomic mass is 10.1. The first-order chi connectivity index (χ1) is 11.0. The lowest BCUT2D eigenvalue weighted by Crippen LogP contribution is -2.09. The Hall–Kier alpha value is -1.88. The molecule has 1 aromatic heterocycles. The first kappa shape index (κ1) is 19.2. The number of aromatic nitrogens is 1. The highest BCUT2D eigenvalue weighted by molar-refractivity contribution is 7.13. The Morgan fingerprint density at radius 2 is 2.26 bits per heavy atom. The van der Waals surface area contributed by atoms with E-state index < -0.39 is 0 Å². The minimum Gasteiger partial charge on any atom is -0.501 e. The van der Waals surface area contributed by atoms with Gasteiger partial charge in [-0.25, -0.2) is 4.98 Å².